The lowest BCUT2D eigenvalue weighted by molar-refractivity contribution is 0.238. The van der Waals surface area contributed by atoms with Crippen LogP contribution in [0.5, 0.6) is 0 Å². The van der Waals surface area contributed by atoms with E-state index < -0.39 is 10.0 Å². The van der Waals surface area contributed by atoms with Gasteiger partial charge in [-0.05, 0) is 49.1 Å². The van der Waals surface area contributed by atoms with E-state index in [2.05, 4.69) is 15.3 Å². The molecule has 5 rings (SSSR count). The van der Waals surface area contributed by atoms with E-state index in [1.807, 2.05) is 4.90 Å². The first kappa shape index (κ1) is 22.1. The minimum atomic E-state index is -3.60. The molecule has 1 aliphatic carbocycles. The quantitative estimate of drug-likeness (QED) is 0.737. The van der Waals surface area contributed by atoms with Crippen molar-refractivity contribution in [2.45, 2.75) is 49.5 Å². The van der Waals surface area contributed by atoms with Gasteiger partial charge in [0.05, 0.1) is 4.90 Å². The Morgan fingerprint density at radius 2 is 1.70 bits per heavy atom. The Morgan fingerprint density at radius 1 is 0.970 bits per heavy atom. The summed E-state index contributed by atoms with van der Waals surface area (Å²) in [6, 6.07) is 7.09. The molecule has 1 aromatic heterocycles. The van der Waals surface area contributed by atoms with Gasteiger partial charge in [-0.3, -0.25) is 4.90 Å². The molecule has 2 aromatic rings. The predicted octanol–water partition coefficient (Wildman–Crippen LogP) is 2.39. The average molecular weight is 471 g/mol. The number of amides is 2. The van der Waals surface area contributed by atoms with Crippen molar-refractivity contribution in [3.8, 4) is 0 Å². The summed E-state index contributed by atoms with van der Waals surface area (Å²) in [4.78, 5) is 25.4. The SMILES string of the molecule is O=C(NC1CCCCC1)N1CCc2cc(S(=O)(=O)N3CCN(c4ncccn4)CC3)ccc21. The Hall–Kier alpha value is -2.72. The third-order valence-electron chi connectivity index (χ3n) is 6.84. The van der Waals surface area contributed by atoms with Crippen LogP contribution >= 0.6 is 0 Å². The van der Waals surface area contributed by atoms with E-state index in [4.69, 9.17) is 0 Å². The first-order valence-electron chi connectivity index (χ1n) is 11.8. The van der Waals surface area contributed by atoms with Crippen LogP contribution in [0.3, 0.4) is 0 Å². The third kappa shape index (κ3) is 4.54. The van der Waals surface area contributed by atoms with Crippen LogP contribution in [0.15, 0.2) is 41.6 Å². The van der Waals surface area contributed by atoms with Crippen molar-refractivity contribution in [2.75, 3.05) is 42.5 Å². The third-order valence-corrected chi connectivity index (χ3v) is 8.73. The van der Waals surface area contributed by atoms with Crippen LogP contribution in [0.2, 0.25) is 0 Å². The summed E-state index contributed by atoms with van der Waals surface area (Å²) in [6.07, 6.45) is 9.68. The van der Waals surface area contributed by atoms with Crippen LogP contribution in [-0.2, 0) is 16.4 Å². The van der Waals surface area contributed by atoms with E-state index in [0.29, 0.717) is 50.0 Å². The molecule has 176 valence electrons. The number of rotatable bonds is 4. The van der Waals surface area contributed by atoms with E-state index in [-0.39, 0.29) is 12.1 Å². The van der Waals surface area contributed by atoms with Gasteiger partial charge in [-0.1, -0.05) is 19.3 Å². The van der Waals surface area contributed by atoms with Crippen molar-refractivity contribution >= 4 is 27.7 Å². The van der Waals surface area contributed by atoms with E-state index in [9.17, 15) is 13.2 Å². The number of piperazine rings is 1. The number of aromatic nitrogens is 2. The number of carbonyl (C=O) groups excluding carboxylic acids is 1. The Bertz CT molecular complexity index is 1100. The summed E-state index contributed by atoms with van der Waals surface area (Å²) >= 11 is 0. The molecule has 2 fully saturated rings. The monoisotopic (exact) mass is 470 g/mol. The van der Waals surface area contributed by atoms with Crippen LogP contribution in [0, 0.1) is 0 Å². The van der Waals surface area contributed by atoms with Crippen molar-refractivity contribution < 1.29 is 13.2 Å². The second-order valence-corrected chi connectivity index (χ2v) is 10.9. The fourth-order valence-corrected chi connectivity index (χ4v) is 6.45. The number of hydrogen-bond acceptors (Lipinski definition) is 6. The van der Waals surface area contributed by atoms with Crippen LogP contribution < -0.4 is 15.1 Å². The van der Waals surface area contributed by atoms with E-state index in [0.717, 1.165) is 36.9 Å². The number of anilines is 2. The van der Waals surface area contributed by atoms with Gasteiger partial charge in [0.2, 0.25) is 16.0 Å². The Balaban J connectivity index is 1.25. The molecule has 1 N–H and O–H groups in total. The molecule has 2 amide bonds. The number of hydrogen-bond donors (Lipinski definition) is 1. The topological polar surface area (TPSA) is 98.7 Å². The van der Waals surface area contributed by atoms with Gasteiger partial charge in [-0.2, -0.15) is 4.31 Å². The maximum absolute atomic E-state index is 13.3. The van der Waals surface area contributed by atoms with Crippen LogP contribution in [0.25, 0.3) is 0 Å². The minimum Gasteiger partial charge on any atom is -0.338 e. The lowest BCUT2D eigenvalue weighted by Crippen LogP contribution is -2.49. The Morgan fingerprint density at radius 3 is 2.42 bits per heavy atom. The molecule has 2 aliphatic heterocycles. The molecule has 3 aliphatic rings. The number of benzene rings is 1. The van der Waals surface area contributed by atoms with Crippen molar-refractivity contribution in [3.05, 3.63) is 42.2 Å². The first-order chi connectivity index (χ1) is 16.0. The predicted molar refractivity (Wildman–Crippen MR) is 126 cm³/mol. The highest BCUT2D eigenvalue weighted by molar-refractivity contribution is 7.89. The standard InChI is InChI=1S/C23H30N6O3S/c30-23(26-19-5-2-1-3-6-19)29-12-9-18-17-20(7-8-21(18)29)33(31,32)28-15-13-27(14-16-28)22-24-10-4-11-25-22/h4,7-8,10-11,17,19H,1-3,5-6,9,12-16H2,(H,26,30). The van der Waals surface area contributed by atoms with Gasteiger partial charge in [0.1, 0.15) is 0 Å². The molecule has 1 saturated carbocycles. The number of urea groups is 1. The zero-order valence-corrected chi connectivity index (χ0v) is 19.5. The van der Waals surface area contributed by atoms with Crippen LogP contribution in [0.1, 0.15) is 37.7 Å². The lowest BCUT2D eigenvalue weighted by Gasteiger charge is -2.34. The van der Waals surface area contributed by atoms with Crippen LogP contribution in [-0.4, -0.2) is 67.5 Å². The molecule has 0 unspecified atom stereocenters. The van der Waals surface area contributed by atoms with Gasteiger partial charge in [0, 0.05) is 56.8 Å². The zero-order valence-electron chi connectivity index (χ0n) is 18.7. The molecular formula is C23H30N6O3S. The number of carbonyl (C=O) groups is 1. The van der Waals surface area contributed by atoms with E-state index >= 15 is 0 Å². The molecule has 1 aromatic carbocycles. The maximum Gasteiger partial charge on any atom is 0.322 e. The maximum atomic E-state index is 13.3. The van der Waals surface area contributed by atoms with Gasteiger partial charge in [0.15, 0.2) is 0 Å². The second-order valence-electron chi connectivity index (χ2n) is 8.92. The highest BCUT2D eigenvalue weighted by Gasteiger charge is 2.32. The van der Waals surface area contributed by atoms with Crippen LogP contribution in [0.4, 0.5) is 16.4 Å². The fraction of sp³-hybridized carbons (Fsp3) is 0.522. The number of fused-ring (bicyclic) bond motifs is 1. The highest BCUT2D eigenvalue weighted by atomic mass is 32.2. The van der Waals surface area contributed by atoms with Crippen molar-refractivity contribution in [3.63, 3.8) is 0 Å². The number of nitrogens with zero attached hydrogens (tertiary/aromatic N) is 5. The van der Waals surface area contributed by atoms with Crippen molar-refractivity contribution in [1.29, 1.82) is 0 Å². The van der Waals surface area contributed by atoms with Gasteiger partial charge in [-0.25, -0.2) is 23.2 Å². The Labute approximate surface area is 194 Å². The van der Waals surface area contributed by atoms with Gasteiger partial charge in [-0.15, -0.1) is 0 Å². The molecule has 0 spiro atoms. The Kier molecular flexibility index (Phi) is 6.20. The van der Waals surface area contributed by atoms with E-state index in [1.54, 1.807) is 41.6 Å². The summed E-state index contributed by atoms with van der Waals surface area (Å²) < 4.78 is 28.1. The summed E-state index contributed by atoms with van der Waals surface area (Å²) in [7, 11) is -3.60. The van der Waals surface area contributed by atoms with Gasteiger partial charge in [0.25, 0.3) is 0 Å². The summed E-state index contributed by atoms with van der Waals surface area (Å²) in [5.41, 5.74) is 1.72. The second kappa shape index (κ2) is 9.26. The molecular weight excluding hydrogens is 440 g/mol. The number of sulfonamides is 1. The largest absolute Gasteiger partial charge is 0.338 e. The normalized spacial score (nSPS) is 20.0. The molecule has 9 nitrogen and oxygen atoms in total. The fourth-order valence-electron chi connectivity index (χ4n) is 4.98. The van der Waals surface area contributed by atoms with Gasteiger partial charge < -0.3 is 10.2 Å². The zero-order chi connectivity index (χ0) is 22.8. The molecule has 0 atom stereocenters. The molecule has 10 heteroatoms. The minimum absolute atomic E-state index is 0.0736. The molecule has 0 radical (unpaired) electrons. The summed E-state index contributed by atoms with van der Waals surface area (Å²) in [5, 5.41) is 3.16. The van der Waals surface area contributed by atoms with E-state index in [1.165, 1.54) is 10.7 Å². The summed E-state index contributed by atoms with van der Waals surface area (Å²) in [6.45, 7) is 2.43. The number of nitrogens with one attached hydrogen (secondary N) is 1. The highest BCUT2D eigenvalue weighted by Crippen LogP contribution is 2.32. The molecule has 0 bridgehead atoms. The average Bonchev–Trinajstić information content (AvgIpc) is 3.29. The van der Waals surface area contributed by atoms with Crippen molar-refractivity contribution in [2.24, 2.45) is 0 Å². The van der Waals surface area contributed by atoms with Crippen molar-refractivity contribution in [1.82, 2.24) is 19.6 Å². The van der Waals surface area contributed by atoms with Gasteiger partial charge >= 0.3 is 6.03 Å². The molecule has 33 heavy (non-hydrogen) atoms. The summed E-state index contributed by atoms with van der Waals surface area (Å²) in [5.74, 6) is 0.624. The lowest BCUT2D eigenvalue weighted by atomic mass is 9.96. The smallest absolute Gasteiger partial charge is 0.322 e. The first-order valence-corrected chi connectivity index (χ1v) is 13.2. The molecule has 1 saturated heterocycles. The molecule has 3 heterocycles.